The standard InChI is InChI=1S/C11H12INSSe/c1-8-4-2-3-5-10(8)13-11-14-7-9(6-12)15-11/h2-5,9H,6-7H2,1H3. The summed E-state index contributed by atoms with van der Waals surface area (Å²) in [6.45, 7) is 2.13. The van der Waals surface area contributed by atoms with Crippen LogP contribution < -0.4 is 0 Å². The molecule has 1 aliphatic rings. The van der Waals surface area contributed by atoms with Gasteiger partial charge in [-0.15, -0.1) is 0 Å². The zero-order valence-electron chi connectivity index (χ0n) is 8.44. The second kappa shape index (κ2) is 5.71. The van der Waals surface area contributed by atoms with Crippen molar-refractivity contribution in [2.24, 2.45) is 4.99 Å². The fourth-order valence-corrected chi connectivity index (χ4v) is 7.18. The van der Waals surface area contributed by atoms with Gasteiger partial charge in [0.05, 0.1) is 0 Å². The number of hydrogen-bond acceptors (Lipinski definition) is 2. The predicted molar refractivity (Wildman–Crippen MR) is 79.1 cm³/mol. The molecule has 0 bridgehead atoms. The van der Waals surface area contributed by atoms with E-state index in [9.17, 15) is 0 Å². The normalized spacial score (nSPS) is 23.6. The van der Waals surface area contributed by atoms with Crippen LogP contribution in [0.4, 0.5) is 5.69 Å². The van der Waals surface area contributed by atoms with Crippen molar-refractivity contribution in [2.45, 2.75) is 11.7 Å². The Morgan fingerprint density at radius 1 is 1.53 bits per heavy atom. The molecule has 0 spiro atoms. The summed E-state index contributed by atoms with van der Waals surface area (Å²) in [5.41, 5.74) is 2.43. The van der Waals surface area contributed by atoms with E-state index in [1.807, 2.05) is 11.8 Å². The van der Waals surface area contributed by atoms with Crippen LogP contribution in [0, 0.1) is 6.92 Å². The Bertz CT molecular complexity index is 381. The maximum absolute atomic E-state index is 4.76. The third-order valence-electron chi connectivity index (χ3n) is 2.16. The third kappa shape index (κ3) is 3.22. The van der Waals surface area contributed by atoms with Gasteiger partial charge in [0.1, 0.15) is 0 Å². The molecule has 1 atom stereocenters. The molecule has 80 valence electrons. The van der Waals surface area contributed by atoms with Crippen LogP contribution in [0.3, 0.4) is 0 Å². The molecule has 1 heterocycles. The number of benzene rings is 1. The molecule has 1 unspecified atom stereocenters. The van der Waals surface area contributed by atoms with E-state index in [4.69, 9.17) is 4.99 Å². The Balaban J connectivity index is 2.14. The van der Waals surface area contributed by atoms with E-state index in [-0.39, 0.29) is 0 Å². The molecule has 0 N–H and O–H groups in total. The molecule has 0 aliphatic carbocycles. The van der Waals surface area contributed by atoms with Crippen LogP contribution in [-0.2, 0) is 0 Å². The molecular formula is C11H12INSSe. The molecule has 0 saturated carbocycles. The zero-order chi connectivity index (χ0) is 10.7. The summed E-state index contributed by atoms with van der Waals surface area (Å²) in [4.78, 5) is 5.65. The fourth-order valence-electron chi connectivity index (χ4n) is 1.30. The van der Waals surface area contributed by atoms with Crippen LogP contribution in [0.2, 0.25) is 4.82 Å². The molecule has 1 aliphatic heterocycles. The Labute approximate surface area is 115 Å². The SMILES string of the molecule is Cc1ccccc1N=C1SCC(CI)[Se]1. The van der Waals surface area contributed by atoms with Gasteiger partial charge in [0.15, 0.2) is 0 Å². The first-order valence-corrected chi connectivity index (χ1v) is 9.15. The quantitative estimate of drug-likeness (QED) is 0.423. The van der Waals surface area contributed by atoms with Gasteiger partial charge in [0.25, 0.3) is 0 Å². The molecule has 1 fully saturated rings. The Morgan fingerprint density at radius 2 is 2.33 bits per heavy atom. The predicted octanol–water partition coefficient (Wildman–Crippen LogP) is 3.66. The van der Waals surface area contributed by atoms with Gasteiger partial charge in [-0.3, -0.25) is 0 Å². The Morgan fingerprint density at radius 3 is 3.00 bits per heavy atom. The van der Waals surface area contributed by atoms with Crippen molar-refractivity contribution in [1.29, 1.82) is 0 Å². The van der Waals surface area contributed by atoms with E-state index in [1.54, 1.807) is 0 Å². The van der Waals surface area contributed by atoms with Gasteiger partial charge in [-0.1, -0.05) is 0 Å². The number of aryl methyl sites for hydroxylation is 1. The van der Waals surface area contributed by atoms with Gasteiger partial charge in [0.2, 0.25) is 0 Å². The zero-order valence-corrected chi connectivity index (χ0v) is 13.1. The van der Waals surface area contributed by atoms with Crippen molar-refractivity contribution in [3.8, 4) is 0 Å². The molecule has 1 nitrogen and oxygen atoms in total. The second-order valence-electron chi connectivity index (χ2n) is 3.37. The molecular weight excluding hydrogens is 384 g/mol. The van der Waals surface area contributed by atoms with Crippen molar-refractivity contribution in [2.75, 3.05) is 10.2 Å². The first-order valence-electron chi connectivity index (χ1n) is 4.79. The van der Waals surface area contributed by atoms with Gasteiger partial charge in [-0.2, -0.15) is 0 Å². The first-order chi connectivity index (χ1) is 7.29. The summed E-state index contributed by atoms with van der Waals surface area (Å²) in [7, 11) is 0. The number of alkyl halides is 1. The van der Waals surface area contributed by atoms with Crippen LogP contribution in [0.1, 0.15) is 5.56 Å². The summed E-state index contributed by atoms with van der Waals surface area (Å²) in [5, 5.41) is 0. The Hall–Kier alpha value is 0.489. The van der Waals surface area contributed by atoms with Crippen LogP contribution in [-0.4, -0.2) is 29.1 Å². The van der Waals surface area contributed by atoms with Crippen LogP contribution in [0.15, 0.2) is 29.3 Å². The van der Waals surface area contributed by atoms with Crippen LogP contribution in [0.25, 0.3) is 0 Å². The third-order valence-corrected chi connectivity index (χ3v) is 9.20. The van der Waals surface area contributed by atoms with E-state index >= 15 is 0 Å². The summed E-state index contributed by atoms with van der Waals surface area (Å²) < 4.78 is 2.65. The molecule has 0 amide bonds. The number of halogens is 1. The van der Waals surface area contributed by atoms with Gasteiger partial charge in [-0.05, 0) is 0 Å². The minimum atomic E-state index is 0.605. The summed E-state index contributed by atoms with van der Waals surface area (Å²) in [6, 6.07) is 8.37. The van der Waals surface area contributed by atoms with Crippen molar-refractivity contribution >= 4 is 58.9 Å². The summed E-state index contributed by atoms with van der Waals surface area (Å²) >= 11 is 5.04. The number of aliphatic imine (C=N–C) groups is 1. The molecule has 1 saturated heterocycles. The molecule has 1 aromatic rings. The van der Waals surface area contributed by atoms with Crippen LogP contribution in [0.5, 0.6) is 0 Å². The fraction of sp³-hybridized carbons (Fsp3) is 0.364. The molecule has 0 aromatic heterocycles. The number of thioether (sulfide) groups is 1. The monoisotopic (exact) mass is 397 g/mol. The number of hydrogen-bond donors (Lipinski definition) is 0. The molecule has 0 radical (unpaired) electrons. The summed E-state index contributed by atoms with van der Waals surface area (Å²) in [5.74, 6) is 1.27. The maximum atomic E-state index is 4.76. The van der Waals surface area contributed by atoms with E-state index in [0.717, 1.165) is 10.5 Å². The van der Waals surface area contributed by atoms with E-state index < -0.39 is 0 Å². The number of nitrogens with zero attached hydrogens (tertiary/aromatic N) is 1. The average molecular weight is 396 g/mol. The van der Waals surface area contributed by atoms with Gasteiger partial charge in [0, 0.05) is 0 Å². The van der Waals surface area contributed by atoms with Crippen molar-refractivity contribution < 1.29 is 0 Å². The minimum absolute atomic E-state index is 0.605. The topological polar surface area (TPSA) is 12.4 Å². The Kier molecular flexibility index (Phi) is 4.55. The second-order valence-corrected chi connectivity index (χ2v) is 8.55. The molecule has 4 heteroatoms. The number of rotatable bonds is 2. The average Bonchev–Trinajstić information content (AvgIpc) is 2.69. The van der Waals surface area contributed by atoms with Crippen molar-refractivity contribution in [3.63, 3.8) is 0 Å². The van der Waals surface area contributed by atoms with Gasteiger partial charge in [-0.25, -0.2) is 0 Å². The van der Waals surface area contributed by atoms with E-state index in [1.165, 1.54) is 19.7 Å². The van der Waals surface area contributed by atoms with E-state index in [2.05, 4.69) is 53.8 Å². The molecule has 1 aromatic carbocycles. The number of para-hydroxylation sites is 1. The van der Waals surface area contributed by atoms with Gasteiger partial charge >= 0.3 is 116 Å². The van der Waals surface area contributed by atoms with Crippen molar-refractivity contribution in [1.82, 2.24) is 0 Å². The van der Waals surface area contributed by atoms with E-state index in [0.29, 0.717) is 15.0 Å². The van der Waals surface area contributed by atoms with Crippen molar-refractivity contribution in [3.05, 3.63) is 29.8 Å². The van der Waals surface area contributed by atoms with Gasteiger partial charge < -0.3 is 0 Å². The summed E-state index contributed by atoms with van der Waals surface area (Å²) in [6.07, 6.45) is 0. The van der Waals surface area contributed by atoms with Crippen LogP contribution >= 0.6 is 34.4 Å². The molecule has 15 heavy (non-hydrogen) atoms. The molecule has 2 rings (SSSR count). The first kappa shape index (κ1) is 12.0.